The van der Waals surface area contributed by atoms with Gasteiger partial charge < -0.3 is 14.5 Å². The molecule has 1 atom stereocenters. The summed E-state index contributed by atoms with van der Waals surface area (Å²) in [4.78, 5) is 26.2. The largest absolute Gasteiger partial charge is 0.368 e. The maximum absolute atomic E-state index is 12.6. The third-order valence-corrected chi connectivity index (χ3v) is 6.63. The topological polar surface area (TPSA) is 87.2 Å². The number of benzene rings is 1. The molecule has 8 nitrogen and oxygen atoms in total. The molecule has 0 spiro atoms. The van der Waals surface area contributed by atoms with Gasteiger partial charge in [-0.15, -0.1) is 0 Å². The number of carbonyl (C=O) groups is 1. The summed E-state index contributed by atoms with van der Waals surface area (Å²) >= 11 is 6.50. The van der Waals surface area contributed by atoms with Crippen molar-refractivity contribution in [2.45, 2.75) is 37.8 Å². The minimum absolute atomic E-state index is 0.115. The molecule has 2 aliphatic heterocycles. The summed E-state index contributed by atoms with van der Waals surface area (Å²) in [5, 5.41) is 7.41. The van der Waals surface area contributed by atoms with E-state index in [9.17, 15) is 4.79 Å². The number of likely N-dealkylation sites (N-methyl/N-ethyl adjacent to an activating group) is 1. The van der Waals surface area contributed by atoms with Crippen LogP contribution in [0.1, 0.15) is 25.7 Å². The Labute approximate surface area is 185 Å². The molecule has 31 heavy (non-hydrogen) atoms. The van der Waals surface area contributed by atoms with E-state index < -0.39 is 0 Å². The molecular weight excluding hydrogens is 416 g/mol. The third kappa shape index (κ3) is 3.97. The van der Waals surface area contributed by atoms with E-state index in [-0.39, 0.29) is 18.1 Å². The second-order valence-corrected chi connectivity index (χ2v) is 8.61. The molecule has 0 aliphatic carbocycles. The zero-order chi connectivity index (χ0) is 21.4. The predicted octanol–water partition coefficient (Wildman–Crippen LogP) is 3.28. The highest BCUT2D eigenvalue weighted by atomic mass is 35.5. The number of rotatable bonds is 4. The van der Waals surface area contributed by atoms with Gasteiger partial charge in [0.05, 0.1) is 28.4 Å². The van der Waals surface area contributed by atoms with Crippen LogP contribution in [0.15, 0.2) is 30.7 Å². The number of nitrogens with one attached hydrogen (secondary N) is 1. The van der Waals surface area contributed by atoms with Crippen LogP contribution in [0.3, 0.4) is 0 Å². The molecule has 0 radical (unpaired) electrons. The fourth-order valence-electron chi connectivity index (χ4n) is 4.46. The number of nitrogens with zero attached hydrogens (tertiary/aromatic N) is 5. The van der Waals surface area contributed by atoms with Crippen molar-refractivity contribution in [3.05, 3.63) is 35.7 Å². The minimum Gasteiger partial charge on any atom is -0.368 e. The van der Waals surface area contributed by atoms with Gasteiger partial charge in [-0.2, -0.15) is 5.10 Å². The van der Waals surface area contributed by atoms with Gasteiger partial charge in [0, 0.05) is 50.1 Å². The van der Waals surface area contributed by atoms with Gasteiger partial charge in [0.25, 0.3) is 5.91 Å². The van der Waals surface area contributed by atoms with Gasteiger partial charge in [-0.1, -0.05) is 11.6 Å². The number of aromatic nitrogens is 4. The fourth-order valence-corrected chi connectivity index (χ4v) is 4.72. The first kappa shape index (κ1) is 20.2. The van der Waals surface area contributed by atoms with Crippen molar-refractivity contribution in [2.24, 2.45) is 0 Å². The highest BCUT2D eigenvalue weighted by molar-refractivity contribution is 6.34. The molecule has 0 saturated carbocycles. The first-order valence-electron chi connectivity index (χ1n) is 10.7. The van der Waals surface area contributed by atoms with E-state index in [0.717, 1.165) is 66.8 Å². The molecule has 1 amide bonds. The van der Waals surface area contributed by atoms with Crippen molar-refractivity contribution in [3.63, 3.8) is 0 Å². The quantitative estimate of drug-likeness (QED) is 0.669. The maximum Gasteiger partial charge on any atom is 0.251 e. The lowest BCUT2D eigenvalue weighted by molar-refractivity contribution is -0.142. The van der Waals surface area contributed by atoms with Gasteiger partial charge in [0.1, 0.15) is 11.9 Å². The lowest BCUT2D eigenvalue weighted by Gasteiger charge is -2.37. The van der Waals surface area contributed by atoms with Gasteiger partial charge in [0.2, 0.25) is 0 Å². The Kier molecular flexibility index (Phi) is 5.50. The highest BCUT2D eigenvalue weighted by Crippen LogP contribution is 2.31. The Morgan fingerprint density at radius 2 is 2.06 bits per heavy atom. The molecule has 1 N–H and O–H groups in total. The van der Waals surface area contributed by atoms with E-state index in [1.807, 2.05) is 30.3 Å². The number of hydrogen-bond donors (Lipinski definition) is 1. The molecule has 4 heterocycles. The van der Waals surface area contributed by atoms with Crippen LogP contribution >= 0.6 is 11.6 Å². The number of H-pyrrole nitrogens is 1. The molecule has 2 aliphatic rings. The molecule has 1 aromatic carbocycles. The van der Waals surface area contributed by atoms with E-state index in [0.29, 0.717) is 11.6 Å². The second-order valence-electron chi connectivity index (χ2n) is 8.20. The summed E-state index contributed by atoms with van der Waals surface area (Å²) in [6.07, 6.45) is 8.70. The predicted molar refractivity (Wildman–Crippen MR) is 119 cm³/mol. The van der Waals surface area contributed by atoms with Gasteiger partial charge in [-0.3, -0.25) is 14.9 Å². The van der Waals surface area contributed by atoms with E-state index in [1.54, 1.807) is 12.4 Å². The first-order chi connectivity index (χ1) is 15.1. The van der Waals surface area contributed by atoms with Crippen molar-refractivity contribution in [1.29, 1.82) is 0 Å². The number of halogens is 1. The molecule has 0 bridgehead atoms. The average Bonchev–Trinajstić information content (AvgIpc) is 3.52. The van der Waals surface area contributed by atoms with Crippen LogP contribution in [0.25, 0.3) is 22.2 Å². The van der Waals surface area contributed by atoms with Gasteiger partial charge in [0.15, 0.2) is 0 Å². The molecule has 9 heteroatoms. The van der Waals surface area contributed by atoms with Crippen molar-refractivity contribution >= 4 is 34.4 Å². The van der Waals surface area contributed by atoms with Crippen LogP contribution in [-0.4, -0.2) is 69.9 Å². The summed E-state index contributed by atoms with van der Waals surface area (Å²) < 4.78 is 5.56. The van der Waals surface area contributed by atoms with Crippen LogP contribution in [-0.2, 0) is 9.53 Å². The van der Waals surface area contributed by atoms with Crippen molar-refractivity contribution in [2.75, 3.05) is 31.6 Å². The standard InChI is InChI=1S/C22H25ClN6O2/c1-28(22(30)20-3-2-8-31-20)15-4-6-29(7-5-15)21-13-24-18-9-16(14-11-25-26-12-14)17(23)10-19(18)27-21/h9-13,15,20H,2-8H2,1H3,(H,25,26)/t20-/m1/s1. The molecule has 5 rings (SSSR count). The molecule has 2 saturated heterocycles. The van der Waals surface area contributed by atoms with Crippen LogP contribution < -0.4 is 4.90 Å². The highest BCUT2D eigenvalue weighted by Gasteiger charge is 2.32. The maximum atomic E-state index is 12.6. The lowest BCUT2D eigenvalue weighted by Crippen LogP contribution is -2.48. The Hall–Kier alpha value is -2.71. The zero-order valence-electron chi connectivity index (χ0n) is 17.4. The van der Waals surface area contributed by atoms with Crippen LogP contribution in [0.5, 0.6) is 0 Å². The molecule has 0 unspecified atom stereocenters. The van der Waals surface area contributed by atoms with Crippen molar-refractivity contribution in [3.8, 4) is 11.1 Å². The monoisotopic (exact) mass is 440 g/mol. The van der Waals surface area contributed by atoms with Gasteiger partial charge >= 0.3 is 0 Å². The second kappa shape index (κ2) is 8.43. The third-order valence-electron chi connectivity index (χ3n) is 6.32. The van der Waals surface area contributed by atoms with E-state index >= 15 is 0 Å². The van der Waals surface area contributed by atoms with Crippen LogP contribution in [0.2, 0.25) is 5.02 Å². The Balaban J connectivity index is 1.28. The van der Waals surface area contributed by atoms with E-state index in [4.69, 9.17) is 21.3 Å². The van der Waals surface area contributed by atoms with Gasteiger partial charge in [-0.25, -0.2) is 4.98 Å². The Morgan fingerprint density at radius 1 is 1.23 bits per heavy atom. The van der Waals surface area contributed by atoms with E-state index in [2.05, 4.69) is 20.1 Å². The van der Waals surface area contributed by atoms with Crippen LogP contribution in [0, 0.1) is 0 Å². The summed E-state index contributed by atoms with van der Waals surface area (Å²) in [7, 11) is 1.90. The van der Waals surface area contributed by atoms with Crippen LogP contribution in [0.4, 0.5) is 5.82 Å². The Bertz CT molecular complexity index is 1080. The summed E-state index contributed by atoms with van der Waals surface area (Å²) in [5.41, 5.74) is 3.36. The average molecular weight is 441 g/mol. The molecule has 162 valence electrons. The molecule has 3 aromatic rings. The number of piperidine rings is 1. The number of amides is 1. The number of hydrogen-bond acceptors (Lipinski definition) is 6. The van der Waals surface area contributed by atoms with Gasteiger partial charge in [-0.05, 0) is 37.8 Å². The molecular formula is C22H25ClN6O2. The first-order valence-corrected chi connectivity index (χ1v) is 11.1. The summed E-state index contributed by atoms with van der Waals surface area (Å²) in [6, 6.07) is 4.03. The molecule has 2 aromatic heterocycles. The lowest BCUT2D eigenvalue weighted by atomic mass is 10.0. The minimum atomic E-state index is -0.258. The Morgan fingerprint density at radius 3 is 2.77 bits per heavy atom. The number of ether oxygens (including phenoxy) is 1. The van der Waals surface area contributed by atoms with Crippen molar-refractivity contribution < 1.29 is 9.53 Å². The number of fused-ring (bicyclic) bond motifs is 1. The smallest absolute Gasteiger partial charge is 0.251 e. The fraction of sp³-hybridized carbons (Fsp3) is 0.455. The SMILES string of the molecule is CN(C(=O)[C@H]1CCCO1)C1CCN(c2cnc3cc(-c4cn[nH]c4)c(Cl)cc3n2)CC1. The summed E-state index contributed by atoms with van der Waals surface area (Å²) in [5.74, 6) is 0.954. The number of aromatic amines is 1. The number of carbonyl (C=O) groups excluding carboxylic acids is 1. The zero-order valence-corrected chi connectivity index (χ0v) is 18.2. The number of anilines is 1. The van der Waals surface area contributed by atoms with E-state index in [1.165, 1.54) is 0 Å². The normalized spacial score (nSPS) is 19.8. The summed E-state index contributed by atoms with van der Waals surface area (Å²) in [6.45, 7) is 2.35. The van der Waals surface area contributed by atoms with Crippen molar-refractivity contribution in [1.82, 2.24) is 25.1 Å². The molecule has 2 fully saturated rings.